The molecule has 0 aliphatic rings. The van der Waals surface area contributed by atoms with E-state index in [1.165, 1.54) is 24.5 Å². The summed E-state index contributed by atoms with van der Waals surface area (Å²) in [6.45, 7) is 0.844. The van der Waals surface area contributed by atoms with E-state index in [1.807, 2.05) is 0 Å². The molecule has 0 radical (unpaired) electrons. The molecule has 0 atom stereocenters. The molecule has 0 unspecified atom stereocenters. The van der Waals surface area contributed by atoms with Gasteiger partial charge >= 0.3 is 5.97 Å². The lowest BCUT2D eigenvalue weighted by atomic mass is 10.1. The minimum absolute atomic E-state index is 0.0917. The number of aromatic carboxylic acids is 1. The minimum atomic E-state index is -1.05. The van der Waals surface area contributed by atoms with E-state index in [9.17, 15) is 13.6 Å². The molecule has 2 rings (SSSR count). The van der Waals surface area contributed by atoms with Gasteiger partial charge in [0.1, 0.15) is 23.7 Å². The molecule has 106 valence electrons. The molecule has 0 aliphatic heterocycles. The molecular formula is C14H13F2NO3. The van der Waals surface area contributed by atoms with Crippen molar-refractivity contribution in [1.29, 1.82) is 0 Å². The molecule has 0 spiro atoms. The first kappa shape index (κ1) is 14.2. The summed E-state index contributed by atoms with van der Waals surface area (Å²) >= 11 is 0. The zero-order valence-corrected chi connectivity index (χ0v) is 10.5. The number of furan rings is 1. The van der Waals surface area contributed by atoms with Gasteiger partial charge in [-0.25, -0.2) is 13.6 Å². The van der Waals surface area contributed by atoms with Gasteiger partial charge in [0.05, 0.1) is 12.1 Å². The highest BCUT2D eigenvalue weighted by atomic mass is 19.1. The van der Waals surface area contributed by atoms with Crippen molar-refractivity contribution in [2.24, 2.45) is 0 Å². The van der Waals surface area contributed by atoms with Crippen LogP contribution in [-0.2, 0) is 13.0 Å². The Kier molecular flexibility index (Phi) is 4.47. The minimum Gasteiger partial charge on any atom is -0.478 e. The fourth-order valence-corrected chi connectivity index (χ4v) is 1.79. The van der Waals surface area contributed by atoms with Gasteiger partial charge in [-0.05, 0) is 36.7 Å². The largest absolute Gasteiger partial charge is 0.478 e. The van der Waals surface area contributed by atoms with Crippen LogP contribution in [0.3, 0.4) is 0 Å². The van der Waals surface area contributed by atoms with E-state index in [2.05, 4.69) is 5.32 Å². The summed E-state index contributed by atoms with van der Waals surface area (Å²) in [7, 11) is 0. The SMILES string of the molecule is O=C(O)c1coc(CNCCc2cc(F)cc(F)c2)c1. The zero-order valence-electron chi connectivity index (χ0n) is 10.5. The summed E-state index contributed by atoms with van der Waals surface area (Å²) in [4.78, 5) is 10.6. The maximum atomic E-state index is 12.9. The first-order chi connectivity index (χ1) is 9.54. The molecule has 0 amide bonds. The van der Waals surface area contributed by atoms with Crippen molar-refractivity contribution in [3.63, 3.8) is 0 Å². The van der Waals surface area contributed by atoms with E-state index in [0.717, 1.165) is 6.07 Å². The van der Waals surface area contributed by atoms with Gasteiger partial charge in [-0.1, -0.05) is 0 Å². The van der Waals surface area contributed by atoms with E-state index in [-0.39, 0.29) is 5.56 Å². The fraction of sp³-hybridized carbons (Fsp3) is 0.214. The topological polar surface area (TPSA) is 62.5 Å². The number of rotatable bonds is 6. The third-order valence-corrected chi connectivity index (χ3v) is 2.71. The summed E-state index contributed by atoms with van der Waals surface area (Å²) in [5, 5.41) is 11.7. The van der Waals surface area contributed by atoms with Crippen LogP contribution in [0.5, 0.6) is 0 Å². The van der Waals surface area contributed by atoms with Gasteiger partial charge in [0.25, 0.3) is 0 Å². The number of nitrogens with one attached hydrogen (secondary N) is 1. The van der Waals surface area contributed by atoms with Crippen LogP contribution in [0.2, 0.25) is 0 Å². The number of halogens is 2. The number of carboxylic acid groups (broad SMARTS) is 1. The van der Waals surface area contributed by atoms with Crippen LogP contribution in [0, 0.1) is 11.6 Å². The summed E-state index contributed by atoms with van der Waals surface area (Å²) in [6, 6.07) is 4.81. The number of hydrogen-bond donors (Lipinski definition) is 2. The smallest absolute Gasteiger partial charge is 0.338 e. The molecule has 1 aromatic heterocycles. The maximum absolute atomic E-state index is 12.9. The summed E-state index contributed by atoms with van der Waals surface area (Å²) < 4.78 is 31.0. The highest BCUT2D eigenvalue weighted by Crippen LogP contribution is 2.09. The number of hydrogen-bond acceptors (Lipinski definition) is 3. The van der Waals surface area contributed by atoms with Crippen molar-refractivity contribution in [1.82, 2.24) is 5.32 Å². The Morgan fingerprint density at radius 1 is 1.20 bits per heavy atom. The second kappa shape index (κ2) is 6.29. The molecule has 1 heterocycles. The van der Waals surface area contributed by atoms with Gasteiger partial charge in [-0.2, -0.15) is 0 Å². The molecule has 6 heteroatoms. The summed E-state index contributed by atoms with van der Waals surface area (Å²) in [5.41, 5.74) is 0.648. The van der Waals surface area contributed by atoms with E-state index in [4.69, 9.17) is 9.52 Å². The molecule has 0 aliphatic carbocycles. The first-order valence-electron chi connectivity index (χ1n) is 6.01. The molecule has 0 saturated carbocycles. The van der Waals surface area contributed by atoms with Gasteiger partial charge in [0, 0.05) is 6.07 Å². The number of carbonyl (C=O) groups is 1. The molecule has 4 nitrogen and oxygen atoms in total. The Balaban J connectivity index is 1.79. The molecule has 0 bridgehead atoms. The molecule has 1 aromatic carbocycles. The van der Waals surface area contributed by atoms with Crippen LogP contribution in [0.4, 0.5) is 8.78 Å². The van der Waals surface area contributed by atoms with Crippen LogP contribution < -0.4 is 5.32 Å². The molecule has 20 heavy (non-hydrogen) atoms. The number of carboxylic acids is 1. The highest BCUT2D eigenvalue weighted by Gasteiger charge is 2.07. The van der Waals surface area contributed by atoms with E-state index in [1.54, 1.807) is 0 Å². The van der Waals surface area contributed by atoms with E-state index in [0.29, 0.717) is 30.8 Å². The Morgan fingerprint density at radius 3 is 2.50 bits per heavy atom. The molecule has 2 aromatic rings. The van der Waals surface area contributed by atoms with Crippen molar-refractivity contribution in [3.8, 4) is 0 Å². The Bertz CT molecular complexity index is 590. The Morgan fingerprint density at radius 2 is 1.90 bits per heavy atom. The first-order valence-corrected chi connectivity index (χ1v) is 6.01. The lowest BCUT2D eigenvalue weighted by molar-refractivity contribution is 0.0696. The fourth-order valence-electron chi connectivity index (χ4n) is 1.79. The average molecular weight is 281 g/mol. The average Bonchev–Trinajstić information content (AvgIpc) is 2.82. The normalized spacial score (nSPS) is 10.7. The molecule has 0 fully saturated rings. The van der Waals surface area contributed by atoms with E-state index >= 15 is 0 Å². The summed E-state index contributed by atoms with van der Waals surface area (Å²) in [6.07, 6.45) is 1.63. The molecule has 2 N–H and O–H groups in total. The van der Waals surface area contributed by atoms with Crippen LogP contribution in [0.1, 0.15) is 21.7 Å². The predicted molar refractivity (Wildman–Crippen MR) is 67.4 cm³/mol. The maximum Gasteiger partial charge on any atom is 0.338 e. The predicted octanol–water partition coefficient (Wildman–Crippen LogP) is 2.59. The number of benzene rings is 1. The van der Waals surface area contributed by atoms with Gasteiger partial charge < -0.3 is 14.8 Å². The second-order valence-corrected chi connectivity index (χ2v) is 4.31. The van der Waals surface area contributed by atoms with Crippen LogP contribution in [0.25, 0.3) is 0 Å². The lowest BCUT2D eigenvalue weighted by Gasteiger charge is -2.03. The van der Waals surface area contributed by atoms with Crippen LogP contribution in [-0.4, -0.2) is 17.6 Å². The van der Waals surface area contributed by atoms with Gasteiger partial charge in [-0.3, -0.25) is 0 Å². The standard InChI is InChI=1S/C14H13F2NO3/c15-11-3-9(4-12(16)6-11)1-2-17-7-13-5-10(8-20-13)14(18)19/h3-6,8,17H,1-2,7H2,(H,18,19). The van der Waals surface area contributed by atoms with Gasteiger partial charge in [0.15, 0.2) is 0 Å². The third-order valence-electron chi connectivity index (χ3n) is 2.71. The lowest BCUT2D eigenvalue weighted by Crippen LogP contribution is -2.16. The molecule has 0 saturated heterocycles. The van der Waals surface area contributed by atoms with Gasteiger partial charge in [-0.15, -0.1) is 0 Å². The third kappa shape index (κ3) is 3.89. The highest BCUT2D eigenvalue weighted by molar-refractivity contribution is 5.87. The van der Waals surface area contributed by atoms with Crippen molar-refractivity contribution < 1.29 is 23.1 Å². The van der Waals surface area contributed by atoms with Gasteiger partial charge in [0.2, 0.25) is 0 Å². The summed E-state index contributed by atoms with van der Waals surface area (Å²) in [5.74, 6) is -1.75. The van der Waals surface area contributed by atoms with Crippen molar-refractivity contribution in [3.05, 3.63) is 59.1 Å². The zero-order chi connectivity index (χ0) is 14.5. The van der Waals surface area contributed by atoms with Crippen LogP contribution >= 0.6 is 0 Å². The Labute approximate surface area is 114 Å². The van der Waals surface area contributed by atoms with Crippen molar-refractivity contribution in [2.45, 2.75) is 13.0 Å². The quantitative estimate of drug-likeness (QED) is 0.799. The van der Waals surface area contributed by atoms with Crippen LogP contribution in [0.15, 0.2) is 34.9 Å². The van der Waals surface area contributed by atoms with Crippen molar-refractivity contribution in [2.75, 3.05) is 6.54 Å². The second-order valence-electron chi connectivity index (χ2n) is 4.31. The van der Waals surface area contributed by atoms with Crippen molar-refractivity contribution >= 4 is 5.97 Å². The van der Waals surface area contributed by atoms with E-state index < -0.39 is 17.6 Å². The molecular weight excluding hydrogens is 268 g/mol. The Hall–Kier alpha value is -2.21. The monoisotopic (exact) mass is 281 g/mol.